The monoisotopic (exact) mass is 338 g/mol. The van der Waals surface area contributed by atoms with Gasteiger partial charge in [-0.15, -0.1) is 0 Å². The molecule has 132 valence electrons. The van der Waals surface area contributed by atoms with E-state index in [-0.39, 0.29) is 29.8 Å². The number of hydrogen-bond acceptors (Lipinski definition) is 2. The number of fused-ring (bicyclic) bond motifs is 1. The van der Waals surface area contributed by atoms with Crippen LogP contribution < -0.4 is 5.32 Å². The van der Waals surface area contributed by atoms with Gasteiger partial charge in [0.15, 0.2) is 0 Å². The van der Waals surface area contributed by atoms with Gasteiger partial charge in [-0.3, -0.25) is 9.59 Å². The van der Waals surface area contributed by atoms with Crippen molar-refractivity contribution in [2.75, 3.05) is 0 Å². The second-order valence-corrected chi connectivity index (χ2v) is 7.52. The van der Waals surface area contributed by atoms with Crippen LogP contribution in [0.1, 0.15) is 56.6 Å². The second kappa shape index (κ2) is 7.03. The van der Waals surface area contributed by atoms with E-state index in [4.69, 9.17) is 0 Å². The third-order valence-electron chi connectivity index (χ3n) is 5.92. The summed E-state index contributed by atoms with van der Waals surface area (Å²) in [6.07, 6.45) is 11.6. The maximum absolute atomic E-state index is 13.1. The zero-order chi connectivity index (χ0) is 17.2. The number of carbonyl (C=O) groups excluding carboxylic acids is 2. The molecule has 1 aliphatic heterocycles. The van der Waals surface area contributed by atoms with Gasteiger partial charge in [0, 0.05) is 12.1 Å². The molecule has 1 saturated heterocycles. The highest BCUT2D eigenvalue weighted by atomic mass is 16.2. The van der Waals surface area contributed by atoms with E-state index in [1.165, 1.54) is 19.3 Å². The number of carbonyl (C=O) groups is 2. The van der Waals surface area contributed by atoms with Gasteiger partial charge in [-0.1, -0.05) is 61.7 Å². The summed E-state index contributed by atoms with van der Waals surface area (Å²) in [4.78, 5) is 27.7. The number of nitrogens with zero attached hydrogens (tertiary/aromatic N) is 1. The number of allylic oxidation sites excluding steroid dienone is 1. The topological polar surface area (TPSA) is 49.4 Å². The van der Waals surface area contributed by atoms with Crippen LogP contribution in [0.25, 0.3) is 0 Å². The molecule has 0 radical (unpaired) electrons. The molecule has 3 aliphatic rings. The summed E-state index contributed by atoms with van der Waals surface area (Å²) in [5.74, 6) is 0.181. The average molecular weight is 338 g/mol. The van der Waals surface area contributed by atoms with Gasteiger partial charge in [0.05, 0.1) is 5.92 Å². The first-order valence-electron chi connectivity index (χ1n) is 9.58. The lowest BCUT2D eigenvalue weighted by atomic mass is 9.77. The number of β-lactam (4-membered cyclic amide) rings is 1. The Bertz CT molecular complexity index is 664. The number of likely N-dealkylation sites (tertiary alicyclic amines) is 1. The van der Waals surface area contributed by atoms with E-state index in [1.54, 1.807) is 0 Å². The van der Waals surface area contributed by atoms with Crippen LogP contribution in [0.2, 0.25) is 0 Å². The van der Waals surface area contributed by atoms with E-state index >= 15 is 0 Å². The maximum atomic E-state index is 13.1. The van der Waals surface area contributed by atoms with Crippen LogP contribution in [0.15, 0.2) is 42.5 Å². The Morgan fingerprint density at radius 2 is 1.76 bits per heavy atom. The minimum atomic E-state index is -0.497. The van der Waals surface area contributed by atoms with E-state index in [1.807, 2.05) is 35.2 Å². The van der Waals surface area contributed by atoms with Crippen LogP contribution >= 0.6 is 0 Å². The van der Waals surface area contributed by atoms with Crippen LogP contribution in [0, 0.1) is 5.92 Å². The van der Waals surface area contributed by atoms with Crippen LogP contribution in [0.5, 0.6) is 0 Å². The van der Waals surface area contributed by atoms with Gasteiger partial charge in [0.1, 0.15) is 6.04 Å². The van der Waals surface area contributed by atoms with E-state index in [0.717, 1.165) is 31.2 Å². The molecule has 1 N–H and O–H groups in total. The molecule has 4 nitrogen and oxygen atoms in total. The molecule has 2 aliphatic carbocycles. The molecule has 2 amide bonds. The molecular formula is C21H26N2O2. The molecule has 0 aromatic heterocycles. The fourth-order valence-corrected chi connectivity index (χ4v) is 4.56. The summed E-state index contributed by atoms with van der Waals surface area (Å²) in [6, 6.07) is 9.68. The highest BCUT2D eigenvalue weighted by Crippen LogP contribution is 2.41. The second-order valence-electron chi connectivity index (χ2n) is 7.52. The first-order chi connectivity index (χ1) is 12.3. The minimum absolute atomic E-state index is 0.0144. The smallest absolute Gasteiger partial charge is 0.247 e. The number of benzene rings is 1. The van der Waals surface area contributed by atoms with E-state index < -0.39 is 6.04 Å². The molecule has 1 aromatic rings. The summed E-state index contributed by atoms with van der Waals surface area (Å²) >= 11 is 0. The van der Waals surface area contributed by atoms with E-state index in [9.17, 15) is 9.59 Å². The zero-order valence-corrected chi connectivity index (χ0v) is 14.6. The summed E-state index contributed by atoms with van der Waals surface area (Å²) < 4.78 is 0. The van der Waals surface area contributed by atoms with E-state index in [2.05, 4.69) is 17.5 Å². The largest absolute Gasteiger partial charge is 0.351 e. The van der Waals surface area contributed by atoms with Crippen molar-refractivity contribution in [2.24, 2.45) is 5.92 Å². The third-order valence-corrected chi connectivity index (χ3v) is 5.92. The van der Waals surface area contributed by atoms with Gasteiger partial charge in [0.2, 0.25) is 11.8 Å². The van der Waals surface area contributed by atoms with Crippen LogP contribution in [0.4, 0.5) is 0 Å². The lowest BCUT2D eigenvalue weighted by molar-refractivity contribution is -0.165. The van der Waals surface area contributed by atoms with Crippen molar-refractivity contribution in [1.29, 1.82) is 0 Å². The maximum Gasteiger partial charge on any atom is 0.247 e. The van der Waals surface area contributed by atoms with Crippen molar-refractivity contribution in [3.8, 4) is 0 Å². The molecular weight excluding hydrogens is 312 g/mol. The highest BCUT2D eigenvalue weighted by Gasteiger charge is 2.51. The Kier molecular flexibility index (Phi) is 4.60. The first-order valence-corrected chi connectivity index (χ1v) is 9.58. The number of rotatable bonds is 4. The van der Waals surface area contributed by atoms with Crippen LogP contribution in [-0.2, 0) is 9.59 Å². The summed E-state index contributed by atoms with van der Waals surface area (Å²) in [5, 5.41) is 3.23. The third kappa shape index (κ3) is 3.10. The van der Waals surface area contributed by atoms with Crippen molar-refractivity contribution in [3.05, 3.63) is 48.0 Å². The van der Waals surface area contributed by atoms with Crippen LogP contribution in [-0.4, -0.2) is 28.8 Å². The average Bonchev–Trinajstić information content (AvgIpc) is 2.67. The number of hydrogen-bond donors (Lipinski definition) is 1. The van der Waals surface area contributed by atoms with Crippen LogP contribution in [0.3, 0.4) is 0 Å². The predicted molar refractivity (Wildman–Crippen MR) is 96.7 cm³/mol. The summed E-state index contributed by atoms with van der Waals surface area (Å²) in [7, 11) is 0. The SMILES string of the molecule is O=C(NC1CCCCC1)C(c1ccccc1)N1C(=O)[C@@H]2CC=CC[C@@H]21. The Morgan fingerprint density at radius 1 is 1.04 bits per heavy atom. The Balaban J connectivity index is 1.57. The molecule has 1 unspecified atom stereocenters. The van der Waals surface area contributed by atoms with Crippen molar-refractivity contribution >= 4 is 11.8 Å². The molecule has 4 heteroatoms. The molecule has 1 saturated carbocycles. The Morgan fingerprint density at radius 3 is 2.52 bits per heavy atom. The molecule has 4 rings (SSSR count). The predicted octanol–water partition coefficient (Wildman–Crippen LogP) is 3.35. The first kappa shape index (κ1) is 16.4. The van der Waals surface area contributed by atoms with Gasteiger partial charge in [-0.05, 0) is 31.2 Å². The quantitative estimate of drug-likeness (QED) is 0.676. The number of nitrogens with one attached hydrogen (secondary N) is 1. The Hall–Kier alpha value is -2.10. The normalized spacial score (nSPS) is 27.4. The van der Waals surface area contributed by atoms with E-state index in [0.29, 0.717) is 0 Å². The standard InChI is InChI=1S/C21H26N2O2/c24-20(22-16-11-5-2-6-12-16)19(15-9-3-1-4-10-15)23-18-14-8-7-13-17(18)21(23)25/h1,3-4,7-10,16-19H,2,5-6,11-14H2,(H,22,24)/t17-,18+,19?/m1/s1. The molecule has 25 heavy (non-hydrogen) atoms. The molecule has 1 aromatic carbocycles. The Labute approximate surface area is 149 Å². The highest BCUT2D eigenvalue weighted by molar-refractivity contribution is 5.94. The van der Waals surface area contributed by atoms with Crippen molar-refractivity contribution in [2.45, 2.75) is 63.1 Å². The molecule has 3 atom stereocenters. The molecule has 1 heterocycles. The van der Waals surface area contributed by atoms with Gasteiger partial charge < -0.3 is 10.2 Å². The lowest BCUT2D eigenvalue weighted by Crippen LogP contribution is -2.64. The van der Waals surface area contributed by atoms with Gasteiger partial charge in [-0.2, -0.15) is 0 Å². The summed E-state index contributed by atoms with van der Waals surface area (Å²) in [6.45, 7) is 0. The van der Waals surface area contributed by atoms with Gasteiger partial charge in [-0.25, -0.2) is 0 Å². The van der Waals surface area contributed by atoms with Crippen molar-refractivity contribution in [1.82, 2.24) is 10.2 Å². The number of amides is 2. The van der Waals surface area contributed by atoms with Crippen molar-refractivity contribution < 1.29 is 9.59 Å². The fourth-order valence-electron chi connectivity index (χ4n) is 4.56. The zero-order valence-electron chi connectivity index (χ0n) is 14.6. The molecule has 0 bridgehead atoms. The summed E-state index contributed by atoms with van der Waals surface area (Å²) in [5.41, 5.74) is 0.914. The lowest BCUT2D eigenvalue weighted by Gasteiger charge is -2.51. The molecule has 0 spiro atoms. The molecule has 2 fully saturated rings. The fraction of sp³-hybridized carbons (Fsp3) is 0.524. The van der Waals surface area contributed by atoms with Crippen molar-refractivity contribution in [3.63, 3.8) is 0 Å². The minimum Gasteiger partial charge on any atom is -0.351 e. The van der Waals surface area contributed by atoms with Gasteiger partial charge in [0.25, 0.3) is 0 Å². The van der Waals surface area contributed by atoms with Gasteiger partial charge >= 0.3 is 0 Å².